The van der Waals surface area contributed by atoms with E-state index in [-0.39, 0.29) is 10.8 Å². The van der Waals surface area contributed by atoms with Gasteiger partial charge < -0.3 is 9.73 Å². The first-order valence-corrected chi connectivity index (χ1v) is 13.7. The molecule has 0 bridgehead atoms. The second-order valence-corrected chi connectivity index (χ2v) is 10.9. The van der Waals surface area contributed by atoms with Crippen LogP contribution in [0.3, 0.4) is 0 Å². The van der Waals surface area contributed by atoms with Crippen LogP contribution in [0.25, 0.3) is 22.6 Å². The number of amides is 1. The van der Waals surface area contributed by atoms with E-state index in [9.17, 15) is 13.2 Å². The van der Waals surface area contributed by atoms with Gasteiger partial charge in [0.25, 0.3) is 15.9 Å². The van der Waals surface area contributed by atoms with Gasteiger partial charge in [0, 0.05) is 29.4 Å². The number of benzene rings is 4. The number of nitrogens with one attached hydrogen (secondary N) is 2. The van der Waals surface area contributed by atoms with Crippen molar-refractivity contribution in [3.05, 3.63) is 114 Å². The molecule has 0 radical (unpaired) electrons. The Morgan fingerprint density at radius 2 is 1.38 bits per heavy atom. The van der Waals surface area contributed by atoms with Crippen LogP contribution in [0.15, 0.2) is 100 Å². The summed E-state index contributed by atoms with van der Waals surface area (Å²) in [6, 6.07) is 26.3. The Hall–Kier alpha value is -4.76. The van der Waals surface area contributed by atoms with Gasteiger partial charge in [0.05, 0.1) is 4.90 Å². The minimum Gasteiger partial charge on any atom is -0.421 e. The fourth-order valence-corrected chi connectivity index (χ4v) is 5.10. The first-order chi connectivity index (χ1) is 18.7. The molecule has 0 unspecified atom stereocenters. The summed E-state index contributed by atoms with van der Waals surface area (Å²) in [4.78, 5) is 13.0. The Morgan fingerprint density at radius 1 is 0.744 bits per heavy atom. The predicted molar refractivity (Wildman–Crippen MR) is 151 cm³/mol. The van der Waals surface area contributed by atoms with E-state index in [0.29, 0.717) is 28.7 Å². The van der Waals surface area contributed by atoms with Gasteiger partial charge in [-0.15, -0.1) is 10.2 Å². The van der Waals surface area contributed by atoms with Crippen molar-refractivity contribution in [2.45, 2.75) is 25.7 Å². The van der Waals surface area contributed by atoms with Crippen molar-refractivity contribution in [3.8, 4) is 22.6 Å². The quantitative estimate of drug-likeness (QED) is 0.248. The van der Waals surface area contributed by atoms with Gasteiger partial charge >= 0.3 is 0 Å². The van der Waals surface area contributed by atoms with Crippen LogP contribution in [0.1, 0.15) is 27.4 Å². The largest absolute Gasteiger partial charge is 0.421 e. The SMILES string of the molecule is Cc1ccc(S(=O)(=O)Nc2ccc(NC(=O)c3ccc(-c4cc(-c5nnc(C)o5)ccc4C)cc3)cc2)cc1. The standard InChI is InChI=1S/C30H26N4O4S/c1-19-4-16-27(17-5-19)39(36,37)34-26-14-12-25(13-15-26)31-29(35)23-10-8-22(9-11-23)28-18-24(7-6-20(28)2)30-33-32-21(3)38-30/h4-18,34H,1-3H3,(H,31,35). The summed E-state index contributed by atoms with van der Waals surface area (Å²) in [6.07, 6.45) is 0. The van der Waals surface area contributed by atoms with E-state index in [1.54, 1.807) is 67.6 Å². The van der Waals surface area contributed by atoms with Crippen molar-refractivity contribution in [3.63, 3.8) is 0 Å². The lowest BCUT2D eigenvalue weighted by Gasteiger charge is -2.11. The minimum atomic E-state index is -3.71. The lowest BCUT2D eigenvalue weighted by molar-refractivity contribution is 0.102. The number of rotatable bonds is 7. The van der Waals surface area contributed by atoms with Crippen molar-refractivity contribution in [2.24, 2.45) is 0 Å². The van der Waals surface area contributed by atoms with E-state index in [4.69, 9.17) is 4.42 Å². The zero-order valence-electron chi connectivity index (χ0n) is 21.6. The molecular formula is C30H26N4O4S. The Balaban J connectivity index is 1.26. The maximum Gasteiger partial charge on any atom is 0.261 e. The number of carbonyl (C=O) groups excluding carboxylic acids is 1. The van der Waals surface area contributed by atoms with Crippen LogP contribution < -0.4 is 10.0 Å². The average molecular weight is 539 g/mol. The molecule has 196 valence electrons. The Morgan fingerprint density at radius 3 is 2.03 bits per heavy atom. The lowest BCUT2D eigenvalue weighted by atomic mass is 9.97. The molecule has 39 heavy (non-hydrogen) atoms. The Labute approximate surface area is 226 Å². The summed E-state index contributed by atoms with van der Waals surface area (Å²) in [5.74, 6) is 0.681. The van der Waals surface area contributed by atoms with Gasteiger partial charge in [0.1, 0.15) is 0 Å². The van der Waals surface area contributed by atoms with E-state index in [0.717, 1.165) is 27.8 Å². The highest BCUT2D eigenvalue weighted by Crippen LogP contribution is 2.29. The maximum atomic E-state index is 12.8. The molecule has 1 amide bonds. The van der Waals surface area contributed by atoms with Crippen molar-refractivity contribution >= 4 is 27.3 Å². The molecule has 0 aliphatic heterocycles. The molecule has 1 heterocycles. The zero-order chi connectivity index (χ0) is 27.6. The molecule has 0 saturated carbocycles. The maximum absolute atomic E-state index is 12.8. The summed E-state index contributed by atoms with van der Waals surface area (Å²) < 4.78 is 33.3. The summed E-state index contributed by atoms with van der Waals surface area (Å²) >= 11 is 0. The monoisotopic (exact) mass is 538 g/mol. The van der Waals surface area contributed by atoms with E-state index >= 15 is 0 Å². The van der Waals surface area contributed by atoms with Gasteiger partial charge in [-0.1, -0.05) is 35.9 Å². The van der Waals surface area contributed by atoms with Crippen molar-refractivity contribution in [1.82, 2.24) is 10.2 Å². The van der Waals surface area contributed by atoms with Crippen LogP contribution >= 0.6 is 0 Å². The molecule has 8 nitrogen and oxygen atoms in total. The third-order valence-corrected chi connectivity index (χ3v) is 7.59. The first kappa shape index (κ1) is 25.9. The van der Waals surface area contributed by atoms with Gasteiger partial charge in [0.2, 0.25) is 11.8 Å². The summed E-state index contributed by atoms with van der Waals surface area (Å²) in [5, 5.41) is 10.8. The van der Waals surface area contributed by atoms with E-state index < -0.39 is 10.0 Å². The number of anilines is 2. The molecule has 0 saturated heterocycles. The third-order valence-electron chi connectivity index (χ3n) is 6.19. The molecule has 0 spiro atoms. The molecule has 0 fully saturated rings. The number of aromatic nitrogens is 2. The van der Waals surface area contributed by atoms with Crippen molar-refractivity contribution in [1.29, 1.82) is 0 Å². The van der Waals surface area contributed by atoms with Crippen LogP contribution in [0.4, 0.5) is 11.4 Å². The van der Waals surface area contributed by atoms with Crippen molar-refractivity contribution in [2.75, 3.05) is 10.0 Å². The molecule has 0 aliphatic rings. The molecule has 0 atom stereocenters. The van der Waals surface area contributed by atoms with Crippen LogP contribution in [-0.2, 0) is 10.0 Å². The summed E-state index contributed by atoms with van der Waals surface area (Å²) in [5.41, 5.74) is 6.25. The van der Waals surface area contributed by atoms with Gasteiger partial charge in [-0.05, 0) is 91.2 Å². The molecule has 2 N–H and O–H groups in total. The van der Waals surface area contributed by atoms with Crippen LogP contribution in [0.5, 0.6) is 0 Å². The predicted octanol–water partition coefficient (Wildman–Crippen LogP) is 6.38. The highest BCUT2D eigenvalue weighted by molar-refractivity contribution is 7.92. The normalized spacial score (nSPS) is 11.3. The highest BCUT2D eigenvalue weighted by atomic mass is 32.2. The number of hydrogen-bond donors (Lipinski definition) is 2. The number of carbonyl (C=O) groups is 1. The molecular weight excluding hydrogens is 512 g/mol. The van der Waals surface area contributed by atoms with E-state index in [1.807, 2.05) is 44.2 Å². The molecule has 5 rings (SSSR count). The molecule has 0 aliphatic carbocycles. The molecule has 1 aromatic heterocycles. The highest BCUT2D eigenvalue weighted by Gasteiger charge is 2.15. The average Bonchev–Trinajstić information content (AvgIpc) is 3.36. The smallest absolute Gasteiger partial charge is 0.261 e. The fraction of sp³-hybridized carbons (Fsp3) is 0.100. The number of aryl methyl sites for hydroxylation is 3. The molecule has 9 heteroatoms. The van der Waals surface area contributed by atoms with Gasteiger partial charge in [-0.3, -0.25) is 9.52 Å². The third kappa shape index (κ3) is 5.89. The van der Waals surface area contributed by atoms with Crippen LogP contribution in [0.2, 0.25) is 0 Å². The summed E-state index contributed by atoms with van der Waals surface area (Å²) in [6.45, 7) is 5.66. The second-order valence-electron chi connectivity index (χ2n) is 9.18. The second kappa shape index (κ2) is 10.5. The van der Waals surface area contributed by atoms with Crippen LogP contribution in [0, 0.1) is 20.8 Å². The van der Waals surface area contributed by atoms with Gasteiger partial charge in [-0.2, -0.15) is 0 Å². The van der Waals surface area contributed by atoms with E-state index in [1.165, 1.54) is 0 Å². The van der Waals surface area contributed by atoms with Crippen molar-refractivity contribution < 1.29 is 17.6 Å². The number of hydrogen-bond acceptors (Lipinski definition) is 6. The number of nitrogens with zero attached hydrogens (tertiary/aromatic N) is 2. The molecule has 5 aromatic rings. The Kier molecular flexibility index (Phi) is 7.00. The number of sulfonamides is 1. The first-order valence-electron chi connectivity index (χ1n) is 12.2. The molecule has 4 aromatic carbocycles. The minimum absolute atomic E-state index is 0.181. The lowest BCUT2D eigenvalue weighted by Crippen LogP contribution is -2.13. The fourth-order valence-electron chi connectivity index (χ4n) is 4.04. The zero-order valence-corrected chi connectivity index (χ0v) is 22.4. The topological polar surface area (TPSA) is 114 Å². The van der Waals surface area contributed by atoms with Gasteiger partial charge in [0.15, 0.2) is 0 Å². The van der Waals surface area contributed by atoms with Crippen LogP contribution in [-0.4, -0.2) is 24.5 Å². The van der Waals surface area contributed by atoms with Gasteiger partial charge in [-0.25, -0.2) is 8.42 Å². The Bertz CT molecular complexity index is 1740. The summed E-state index contributed by atoms with van der Waals surface area (Å²) in [7, 11) is -3.71. The van der Waals surface area contributed by atoms with E-state index in [2.05, 4.69) is 20.2 Å².